The van der Waals surface area contributed by atoms with Crippen molar-refractivity contribution in [3.05, 3.63) is 11.4 Å². The molecule has 0 radical (unpaired) electrons. The average molecular weight is 138 g/mol. The van der Waals surface area contributed by atoms with E-state index in [-0.39, 0.29) is 0 Å². The predicted molar refractivity (Wildman–Crippen MR) is 43.8 cm³/mol. The van der Waals surface area contributed by atoms with E-state index in [2.05, 4.69) is 18.8 Å². The molecule has 1 rings (SSSR count). The van der Waals surface area contributed by atoms with Crippen LogP contribution in [-0.2, 0) is 0 Å². The Kier molecular flexibility index (Phi) is 2.10. The Bertz CT molecular complexity index is 180. The van der Waals surface area contributed by atoms with Crippen LogP contribution in [0.1, 0.15) is 26.7 Å². The number of hydrogen-bond acceptors (Lipinski definition) is 2. The summed E-state index contributed by atoms with van der Waals surface area (Å²) in [6, 6.07) is 0. The molecule has 2 N–H and O–H groups in total. The largest absolute Gasteiger partial charge is 0.401 e. The molecule has 0 aromatic rings. The van der Waals surface area contributed by atoms with E-state index in [9.17, 15) is 0 Å². The van der Waals surface area contributed by atoms with Gasteiger partial charge in [0.1, 0.15) is 0 Å². The van der Waals surface area contributed by atoms with E-state index < -0.39 is 0 Å². The maximum Gasteiger partial charge on any atom is 0.0584 e. The SMILES string of the molecule is CCC1=C(N)CC(C)C=N1. The Balaban J connectivity index is 2.73. The summed E-state index contributed by atoms with van der Waals surface area (Å²) in [6.07, 6.45) is 3.91. The molecule has 0 saturated carbocycles. The molecule has 2 heteroatoms. The second-order valence-electron chi connectivity index (χ2n) is 2.79. The molecule has 1 heterocycles. The molecular formula is C8H14N2. The summed E-state index contributed by atoms with van der Waals surface area (Å²) in [4.78, 5) is 4.24. The lowest BCUT2D eigenvalue weighted by Gasteiger charge is -2.14. The van der Waals surface area contributed by atoms with Gasteiger partial charge in [0.15, 0.2) is 0 Å². The van der Waals surface area contributed by atoms with Gasteiger partial charge in [-0.3, -0.25) is 4.99 Å². The second-order valence-corrected chi connectivity index (χ2v) is 2.79. The van der Waals surface area contributed by atoms with Crippen LogP contribution in [0.4, 0.5) is 0 Å². The molecule has 1 aliphatic rings. The summed E-state index contributed by atoms with van der Waals surface area (Å²) in [5, 5.41) is 0. The summed E-state index contributed by atoms with van der Waals surface area (Å²) in [7, 11) is 0. The van der Waals surface area contributed by atoms with Crippen molar-refractivity contribution < 1.29 is 0 Å². The van der Waals surface area contributed by atoms with E-state index in [1.807, 2.05) is 6.21 Å². The lowest BCUT2D eigenvalue weighted by molar-refractivity contribution is 0.728. The van der Waals surface area contributed by atoms with Gasteiger partial charge >= 0.3 is 0 Å². The Morgan fingerprint density at radius 1 is 1.80 bits per heavy atom. The summed E-state index contributed by atoms with van der Waals surface area (Å²) < 4.78 is 0. The van der Waals surface area contributed by atoms with E-state index >= 15 is 0 Å². The number of allylic oxidation sites excluding steroid dienone is 2. The maximum absolute atomic E-state index is 5.75. The minimum atomic E-state index is 0.523. The van der Waals surface area contributed by atoms with Crippen molar-refractivity contribution in [1.82, 2.24) is 0 Å². The molecule has 0 aromatic carbocycles. The molecular weight excluding hydrogens is 124 g/mol. The first kappa shape index (κ1) is 7.32. The van der Waals surface area contributed by atoms with E-state index in [1.165, 1.54) is 0 Å². The number of aliphatic imine (C=N–C) groups is 1. The third-order valence-electron chi connectivity index (χ3n) is 1.73. The van der Waals surface area contributed by atoms with Gasteiger partial charge in [0, 0.05) is 11.9 Å². The highest BCUT2D eigenvalue weighted by Gasteiger charge is 2.09. The molecule has 56 valence electrons. The monoisotopic (exact) mass is 138 g/mol. The van der Waals surface area contributed by atoms with Crippen LogP contribution in [0.5, 0.6) is 0 Å². The topological polar surface area (TPSA) is 38.4 Å². The molecule has 0 aromatic heterocycles. The first-order chi connectivity index (χ1) is 4.74. The van der Waals surface area contributed by atoms with E-state index in [0.29, 0.717) is 5.92 Å². The van der Waals surface area contributed by atoms with E-state index in [1.54, 1.807) is 0 Å². The second kappa shape index (κ2) is 2.86. The highest BCUT2D eigenvalue weighted by atomic mass is 14.8. The predicted octanol–water partition coefficient (Wildman–Crippen LogP) is 1.68. The van der Waals surface area contributed by atoms with Crippen LogP contribution in [-0.4, -0.2) is 6.21 Å². The molecule has 0 aliphatic carbocycles. The van der Waals surface area contributed by atoms with Crippen LogP contribution < -0.4 is 5.73 Å². The number of rotatable bonds is 1. The van der Waals surface area contributed by atoms with Gasteiger partial charge in [-0.25, -0.2) is 0 Å². The summed E-state index contributed by atoms with van der Waals surface area (Å²) in [5.41, 5.74) is 7.78. The van der Waals surface area contributed by atoms with Crippen LogP contribution in [0, 0.1) is 5.92 Å². The highest BCUT2D eigenvalue weighted by molar-refractivity contribution is 5.64. The molecule has 0 amide bonds. The number of nitrogens with two attached hydrogens (primary N) is 1. The fourth-order valence-electron chi connectivity index (χ4n) is 1.14. The molecule has 2 nitrogen and oxygen atoms in total. The number of nitrogens with zero attached hydrogens (tertiary/aromatic N) is 1. The van der Waals surface area contributed by atoms with Crippen molar-refractivity contribution in [2.45, 2.75) is 26.7 Å². The van der Waals surface area contributed by atoms with E-state index in [0.717, 1.165) is 24.2 Å². The van der Waals surface area contributed by atoms with Gasteiger partial charge in [-0.1, -0.05) is 13.8 Å². The minimum absolute atomic E-state index is 0.523. The molecule has 0 fully saturated rings. The normalized spacial score (nSPS) is 25.6. The third-order valence-corrected chi connectivity index (χ3v) is 1.73. The molecule has 1 atom stereocenters. The minimum Gasteiger partial charge on any atom is -0.401 e. The van der Waals surface area contributed by atoms with Gasteiger partial charge in [0.05, 0.1) is 5.70 Å². The lowest BCUT2D eigenvalue weighted by atomic mass is 10.0. The van der Waals surface area contributed by atoms with Crippen LogP contribution in [0.3, 0.4) is 0 Å². The third kappa shape index (κ3) is 1.38. The summed E-state index contributed by atoms with van der Waals surface area (Å²) in [5.74, 6) is 0.523. The molecule has 1 aliphatic heterocycles. The molecule has 1 unspecified atom stereocenters. The Morgan fingerprint density at radius 3 is 3.00 bits per heavy atom. The van der Waals surface area contributed by atoms with Gasteiger partial charge < -0.3 is 5.73 Å². The summed E-state index contributed by atoms with van der Waals surface area (Å²) >= 11 is 0. The first-order valence-electron chi connectivity index (χ1n) is 3.75. The molecule has 0 spiro atoms. The van der Waals surface area contributed by atoms with Crippen molar-refractivity contribution >= 4 is 6.21 Å². The Labute approximate surface area is 61.8 Å². The zero-order valence-electron chi connectivity index (χ0n) is 6.59. The lowest BCUT2D eigenvalue weighted by Crippen LogP contribution is -2.12. The fourth-order valence-corrected chi connectivity index (χ4v) is 1.14. The van der Waals surface area contributed by atoms with Crippen molar-refractivity contribution in [2.75, 3.05) is 0 Å². The van der Waals surface area contributed by atoms with Crippen molar-refractivity contribution in [3.63, 3.8) is 0 Å². The number of hydrogen-bond donors (Lipinski definition) is 1. The first-order valence-corrected chi connectivity index (χ1v) is 3.75. The fraction of sp³-hybridized carbons (Fsp3) is 0.625. The quantitative estimate of drug-likeness (QED) is 0.588. The average Bonchev–Trinajstić information content (AvgIpc) is 1.88. The Hall–Kier alpha value is -0.790. The van der Waals surface area contributed by atoms with Crippen LogP contribution in [0.25, 0.3) is 0 Å². The van der Waals surface area contributed by atoms with Gasteiger partial charge in [-0.2, -0.15) is 0 Å². The van der Waals surface area contributed by atoms with Crippen molar-refractivity contribution in [1.29, 1.82) is 0 Å². The standard InChI is InChI=1S/C8H14N2/c1-3-8-7(9)4-6(2)5-10-8/h5-6H,3-4,9H2,1-2H3. The van der Waals surface area contributed by atoms with Gasteiger partial charge in [0.2, 0.25) is 0 Å². The zero-order chi connectivity index (χ0) is 7.56. The van der Waals surface area contributed by atoms with Crippen LogP contribution in [0.15, 0.2) is 16.4 Å². The van der Waals surface area contributed by atoms with Gasteiger partial charge in [-0.05, 0) is 18.8 Å². The van der Waals surface area contributed by atoms with Gasteiger partial charge in [-0.15, -0.1) is 0 Å². The highest BCUT2D eigenvalue weighted by Crippen LogP contribution is 2.18. The Morgan fingerprint density at radius 2 is 2.50 bits per heavy atom. The van der Waals surface area contributed by atoms with E-state index in [4.69, 9.17) is 5.73 Å². The van der Waals surface area contributed by atoms with Crippen LogP contribution >= 0.6 is 0 Å². The van der Waals surface area contributed by atoms with Gasteiger partial charge in [0.25, 0.3) is 0 Å². The van der Waals surface area contributed by atoms with Crippen molar-refractivity contribution in [3.8, 4) is 0 Å². The molecule has 0 saturated heterocycles. The zero-order valence-corrected chi connectivity index (χ0v) is 6.59. The molecule has 0 bridgehead atoms. The maximum atomic E-state index is 5.75. The van der Waals surface area contributed by atoms with Crippen LogP contribution in [0.2, 0.25) is 0 Å². The van der Waals surface area contributed by atoms with Crippen molar-refractivity contribution in [2.24, 2.45) is 16.6 Å². The summed E-state index contributed by atoms with van der Waals surface area (Å²) in [6.45, 7) is 4.21. The smallest absolute Gasteiger partial charge is 0.0584 e. The molecule has 10 heavy (non-hydrogen) atoms.